The van der Waals surface area contributed by atoms with Crippen molar-refractivity contribution in [1.29, 1.82) is 0 Å². The summed E-state index contributed by atoms with van der Waals surface area (Å²) in [4.78, 5) is 38.7. The Morgan fingerprint density at radius 1 is 1.42 bits per heavy atom. The van der Waals surface area contributed by atoms with Crippen molar-refractivity contribution in [3.63, 3.8) is 0 Å². The maximum Gasteiger partial charge on any atom is 0.305 e. The minimum Gasteiger partial charge on any atom is -0.481 e. The highest BCUT2D eigenvalue weighted by Crippen LogP contribution is 2.22. The molecular weight excluding hydrogens is 376 g/mol. The molecule has 1 N–H and O–H groups in total. The maximum absolute atomic E-state index is 12.8. The number of halogens is 1. The molecule has 2 rings (SSSR count). The van der Waals surface area contributed by atoms with Gasteiger partial charge in [-0.3, -0.25) is 14.4 Å². The summed E-state index contributed by atoms with van der Waals surface area (Å²) >= 11 is 3.39. The molecule has 0 bridgehead atoms. The second-order valence-corrected chi connectivity index (χ2v) is 6.95. The predicted molar refractivity (Wildman–Crippen MR) is 92.2 cm³/mol. The molecule has 130 valence electrons. The van der Waals surface area contributed by atoms with Gasteiger partial charge in [0.15, 0.2) is 0 Å². The topological polar surface area (TPSA) is 77.9 Å². The van der Waals surface area contributed by atoms with E-state index in [0.717, 1.165) is 10.0 Å². The van der Waals surface area contributed by atoms with Crippen LogP contribution in [0.15, 0.2) is 28.7 Å². The number of carbonyl (C=O) groups excluding carboxylic acids is 2. The molecular formula is C17H21BrN2O4. The molecule has 0 saturated carbocycles. The van der Waals surface area contributed by atoms with Gasteiger partial charge in [-0.25, -0.2) is 0 Å². The van der Waals surface area contributed by atoms with Gasteiger partial charge in [-0.15, -0.1) is 0 Å². The summed E-state index contributed by atoms with van der Waals surface area (Å²) in [5, 5.41) is 8.94. The van der Waals surface area contributed by atoms with Crippen LogP contribution in [0.4, 0.5) is 0 Å². The highest BCUT2D eigenvalue weighted by atomic mass is 79.9. The highest BCUT2D eigenvalue weighted by Gasteiger charge is 2.31. The number of aliphatic carboxylic acids is 1. The molecule has 2 amide bonds. The molecule has 0 aromatic heterocycles. The number of carboxylic acid groups (broad SMARTS) is 1. The lowest BCUT2D eigenvalue weighted by atomic mass is 9.94. The zero-order valence-electron chi connectivity index (χ0n) is 13.6. The van der Waals surface area contributed by atoms with E-state index < -0.39 is 5.97 Å². The Hall–Kier alpha value is -1.89. The Balaban J connectivity index is 2.10. The van der Waals surface area contributed by atoms with E-state index >= 15 is 0 Å². The Bertz CT molecular complexity index is 635. The van der Waals surface area contributed by atoms with Crippen molar-refractivity contribution in [3.8, 4) is 0 Å². The summed E-state index contributed by atoms with van der Waals surface area (Å²) in [6.45, 7) is 1.03. The van der Waals surface area contributed by atoms with E-state index in [-0.39, 0.29) is 37.1 Å². The zero-order valence-corrected chi connectivity index (χ0v) is 15.2. The molecule has 1 aromatic carbocycles. The number of hydrogen-bond donors (Lipinski definition) is 1. The van der Waals surface area contributed by atoms with Crippen molar-refractivity contribution in [2.75, 3.05) is 20.1 Å². The van der Waals surface area contributed by atoms with E-state index in [1.165, 1.54) is 0 Å². The number of hydrogen-bond acceptors (Lipinski definition) is 3. The lowest BCUT2D eigenvalue weighted by Crippen LogP contribution is -2.44. The molecule has 1 fully saturated rings. The lowest BCUT2D eigenvalue weighted by Gasteiger charge is -2.32. The number of carbonyl (C=O) groups is 3. The molecule has 24 heavy (non-hydrogen) atoms. The van der Waals surface area contributed by atoms with E-state index in [4.69, 9.17) is 5.11 Å². The average molecular weight is 397 g/mol. The van der Waals surface area contributed by atoms with Gasteiger partial charge in [-0.2, -0.15) is 0 Å². The largest absolute Gasteiger partial charge is 0.481 e. The first-order valence-electron chi connectivity index (χ1n) is 7.86. The van der Waals surface area contributed by atoms with Gasteiger partial charge < -0.3 is 14.9 Å². The molecule has 1 aliphatic heterocycles. The van der Waals surface area contributed by atoms with Crippen molar-refractivity contribution in [3.05, 3.63) is 34.3 Å². The van der Waals surface area contributed by atoms with E-state index in [1.54, 1.807) is 16.8 Å². The molecule has 6 nitrogen and oxygen atoms in total. The number of likely N-dealkylation sites (tertiary alicyclic amines) is 1. The smallest absolute Gasteiger partial charge is 0.305 e. The van der Waals surface area contributed by atoms with Crippen molar-refractivity contribution in [2.24, 2.45) is 5.92 Å². The molecule has 1 aliphatic rings. The monoisotopic (exact) mass is 396 g/mol. The SMILES string of the molecule is CN1CCC(C(=O)N(CCC(=O)O)Cc2cccc(Br)c2)CC1=O. The van der Waals surface area contributed by atoms with Gasteiger partial charge in [-0.1, -0.05) is 28.1 Å². The fraction of sp³-hybridized carbons (Fsp3) is 0.471. The van der Waals surface area contributed by atoms with E-state index in [9.17, 15) is 14.4 Å². The minimum absolute atomic E-state index is 0.0414. The third kappa shape index (κ3) is 5.06. The first-order chi connectivity index (χ1) is 11.4. The fourth-order valence-electron chi connectivity index (χ4n) is 2.77. The quantitative estimate of drug-likeness (QED) is 0.798. The number of nitrogens with zero attached hydrogens (tertiary/aromatic N) is 2. The number of amides is 2. The van der Waals surface area contributed by atoms with Gasteiger partial charge in [0, 0.05) is 43.5 Å². The molecule has 1 heterocycles. The Labute approximate surface area is 149 Å². The zero-order chi connectivity index (χ0) is 17.7. The third-order valence-electron chi connectivity index (χ3n) is 4.18. The lowest BCUT2D eigenvalue weighted by molar-refractivity contribution is -0.146. The van der Waals surface area contributed by atoms with Crippen LogP contribution in [0.1, 0.15) is 24.8 Å². The number of rotatable bonds is 6. The van der Waals surface area contributed by atoms with E-state index in [0.29, 0.717) is 19.5 Å². The first kappa shape index (κ1) is 18.4. The predicted octanol–water partition coefficient (Wildman–Crippen LogP) is 2.12. The third-order valence-corrected chi connectivity index (χ3v) is 4.67. The number of carboxylic acids is 1. The number of benzene rings is 1. The summed E-state index contributed by atoms with van der Waals surface area (Å²) in [5.41, 5.74) is 0.919. The van der Waals surface area contributed by atoms with E-state index in [2.05, 4.69) is 15.9 Å². The van der Waals surface area contributed by atoms with Crippen molar-refractivity contribution in [1.82, 2.24) is 9.80 Å². The van der Waals surface area contributed by atoms with Gasteiger partial charge >= 0.3 is 5.97 Å². The van der Waals surface area contributed by atoms with E-state index in [1.807, 2.05) is 24.3 Å². The molecule has 0 radical (unpaired) electrons. The minimum atomic E-state index is -0.943. The summed E-state index contributed by atoms with van der Waals surface area (Å²) in [6.07, 6.45) is 0.695. The Morgan fingerprint density at radius 3 is 2.79 bits per heavy atom. The van der Waals surface area contributed by atoms with Crippen LogP contribution in [0.3, 0.4) is 0 Å². The van der Waals surface area contributed by atoms with Crippen LogP contribution in [0.2, 0.25) is 0 Å². The first-order valence-corrected chi connectivity index (χ1v) is 8.65. The summed E-state index contributed by atoms with van der Waals surface area (Å²) < 4.78 is 0.903. The van der Waals surface area contributed by atoms with Gasteiger partial charge in [0.2, 0.25) is 11.8 Å². The van der Waals surface area contributed by atoms with Crippen LogP contribution in [0.5, 0.6) is 0 Å². The summed E-state index contributed by atoms with van der Waals surface area (Å²) in [6, 6.07) is 7.56. The second-order valence-electron chi connectivity index (χ2n) is 6.04. The van der Waals surface area contributed by atoms with Crippen LogP contribution in [0, 0.1) is 5.92 Å². The van der Waals surface area contributed by atoms with Gasteiger partial charge in [0.05, 0.1) is 6.42 Å². The molecule has 1 unspecified atom stereocenters. The standard InChI is InChI=1S/C17H21BrN2O4/c1-19-7-5-13(10-15(19)21)17(24)20(8-6-16(22)23)11-12-3-2-4-14(18)9-12/h2-4,9,13H,5-8,10-11H2,1H3,(H,22,23). The van der Waals surface area contributed by atoms with Crippen molar-refractivity contribution >= 4 is 33.7 Å². The van der Waals surface area contributed by atoms with Crippen LogP contribution in [-0.2, 0) is 20.9 Å². The van der Waals surface area contributed by atoms with Crippen molar-refractivity contribution in [2.45, 2.75) is 25.8 Å². The van der Waals surface area contributed by atoms with Crippen LogP contribution in [-0.4, -0.2) is 52.8 Å². The van der Waals surface area contributed by atoms with Crippen LogP contribution in [0.25, 0.3) is 0 Å². The fourth-order valence-corrected chi connectivity index (χ4v) is 3.21. The Morgan fingerprint density at radius 2 is 2.17 bits per heavy atom. The number of piperidine rings is 1. The molecule has 1 aromatic rings. The van der Waals surface area contributed by atoms with Gasteiger partial charge in [0.25, 0.3) is 0 Å². The molecule has 0 aliphatic carbocycles. The highest BCUT2D eigenvalue weighted by molar-refractivity contribution is 9.10. The molecule has 1 atom stereocenters. The van der Waals surface area contributed by atoms with Gasteiger partial charge in [-0.05, 0) is 24.1 Å². The van der Waals surface area contributed by atoms with Crippen molar-refractivity contribution < 1.29 is 19.5 Å². The van der Waals surface area contributed by atoms with Gasteiger partial charge in [0.1, 0.15) is 0 Å². The molecule has 0 spiro atoms. The Kier molecular flexibility index (Phi) is 6.36. The summed E-state index contributed by atoms with van der Waals surface area (Å²) in [7, 11) is 1.73. The second kappa shape index (κ2) is 8.28. The summed E-state index contributed by atoms with van der Waals surface area (Å²) in [5.74, 6) is -1.49. The molecule has 7 heteroatoms. The normalized spacial score (nSPS) is 17.7. The van der Waals surface area contributed by atoms with Crippen LogP contribution >= 0.6 is 15.9 Å². The maximum atomic E-state index is 12.8. The average Bonchev–Trinajstić information content (AvgIpc) is 2.53. The van der Waals surface area contributed by atoms with Crippen LogP contribution < -0.4 is 0 Å². The molecule has 1 saturated heterocycles.